The molecule has 0 radical (unpaired) electrons. The minimum absolute atomic E-state index is 0.201. The summed E-state index contributed by atoms with van der Waals surface area (Å²) in [6, 6.07) is 9.16. The summed E-state index contributed by atoms with van der Waals surface area (Å²) >= 11 is 0. The van der Waals surface area contributed by atoms with Crippen molar-refractivity contribution in [3.8, 4) is 0 Å². The van der Waals surface area contributed by atoms with Gasteiger partial charge in [0.2, 0.25) is 0 Å². The van der Waals surface area contributed by atoms with Crippen LogP contribution in [-0.4, -0.2) is 53.9 Å². The van der Waals surface area contributed by atoms with E-state index in [0.717, 1.165) is 63.5 Å². The Bertz CT molecular complexity index is 781. The van der Waals surface area contributed by atoms with Crippen LogP contribution in [0.4, 0.5) is 21.7 Å². The highest BCUT2D eigenvalue weighted by Gasteiger charge is 2.23. The number of hydrogen-bond donors (Lipinski definition) is 2. The molecule has 2 N–H and O–H groups in total. The second-order valence-corrected chi connectivity index (χ2v) is 7.76. The summed E-state index contributed by atoms with van der Waals surface area (Å²) in [4.78, 5) is 13.5. The number of piperidine rings is 2. The SMILES string of the molecule is OCC1CCCN(c2cc(N3CCC(Nc4ccccc4F)CC3)ncn2)C1. The number of para-hydroxylation sites is 1. The third kappa shape index (κ3) is 4.35. The van der Waals surface area contributed by atoms with E-state index in [1.807, 2.05) is 6.07 Å². The van der Waals surface area contributed by atoms with Crippen molar-refractivity contribution < 1.29 is 9.50 Å². The van der Waals surface area contributed by atoms with E-state index in [4.69, 9.17) is 0 Å². The van der Waals surface area contributed by atoms with Crippen molar-refractivity contribution in [1.82, 2.24) is 9.97 Å². The van der Waals surface area contributed by atoms with E-state index in [2.05, 4.69) is 31.2 Å². The summed E-state index contributed by atoms with van der Waals surface area (Å²) in [6.07, 6.45) is 5.66. The fraction of sp³-hybridized carbons (Fsp3) is 0.524. The maximum absolute atomic E-state index is 13.9. The first kappa shape index (κ1) is 18.9. The van der Waals surface area contributed by atoms with Crippen LogP contribution in [-0.2, 0) is 0 Å². The molecule has 4 rings (SSSR count). The molecule has 3 heterocycles. The zero-order chi connectivity index (χ0) is 19.3. The molecule has 150 valence electrons. The molecule has 28 heavy (non-hydrogen) atoms. The number of nitrogens with zero attached hydrogens (tertiary/aromatic N) is 4. The number of aliphatic hydroxyl groups is 1. The van der Waals surface area contributed by atoms with Crippen molar-refractivity contribution >= 4 is 17.3 Å². The van der Waals surface area contributed by atoms with Gasteiger partial charge in [-0.25, -0.2) is 14.4 Å². The molecule has 2 aromatic rings. The molecule has 2 aliphatic heterocycles. The molecule has 2 aliphatic rings. The molecule has 2 fully saturated rings. The summed E-state index contributed by atoms with van der Waals surface area (Å²) in [5, 5.41) is 12.8. The first-order chi connectivity index (χ1) is 13.7. The van der Waals surface area contributed by atoms with Gasteiger partial charge in [-0.1, -0.05) is 12.1 Å². The van der Waals surface area contributed by atoms with Crippen molar-refractivity contribution in [2.24, 2.45) is 5.92 Å². The molecule has 1 unspecified atom stereocenters. The Morgan fingerprint density at radius 3 is 2.54 bits per heavy atom. The molecule has 1 aromatic heterocycles. The third-order valence-corrected chi connectivity index (χ3v) is 5.79. The number of hydrogen-bond acceptors (Lipinski definition) is 6. The molecular weight excluding hydrogens is 357 g/mol. The monoisotopic (exact) mass is 385 g/mol. The van der Waals surface area contributed by atoms with Crippen LogP contribution in [0.3, 0.4) is 0 Å². The number of anilines is 3. The van der Waals surface area contributed by atoms with Gasteiger partial charge in [-0.05, 0) is 43.7 Å². The maximum Gasteiger partial charge on any atom is 0.146 e. The lowest BCUT2D eigenvalue weighted by Gasteiger charge is -2.35. The average Bonchev–Trinajstić information content (AvgIpc) is 2.76. The number of halogens is 1. The summed E-state index contributed by atoms with van der Waals surface area (Å²) in [5.41, 5.74) is 0.578. The van der Waals surface area contributed by atoms with Gasteiger partial charge in [-0.2, -0.15) is 0 Å². The third-order valence-electron chi connectivity index (χ3n) is 5.79. The fourth-order valence-corrected chi connectivity index (χ4v) is 4.16. The maximum atomic E-state index is 13.9. The number of aromatic nitrogens is 2. The predicted octanol–water partition coefficient (Wildman–Crippen LogP) is 2.91. The van der Waals surface area contributed by atoms with Crippen LogP contribution in [0.5, 0.6) is 0 Å². The summed E-state index contributed by atoms with van der Waals surface area (Å²) < 4.78 is 13.9. The molecule has 0 saturated carbocycles. The molecule has 1 aromatic carbocycles. The van der Waals surface area contributed by atoms with E-state index >= 15 is 0 Å². The molecule has 0 spiro atoms. The topological polar surface area (TPSA) is 64.5 Å². The van der Waals surface area contributed by atoms with Crippen molar-refractivity contribution in [2.75, 3.05) is 47.9 Å². The van der Waals surface area contributed by atoms with Crippen LogP contribution in [0.25, 0.3) is 0 Å². The van der Waals surface area contributed by atoms with E-state index in [9.17, 15) is 9.50 Å². The van der Waals surface area contributed by atoms with Crippen molar-refractivity contribution in [3.05, 3.63) is 42.5 Å². The summed E-state index contributed by atoms with van der Waals surface area (Å²) in [5.74, 6) is 2.01. The standard InChI is InChI=1S/C21H28FN5O/c22-18-5-1-2-6-19(18)25-17-7-10-26(11-8-17)20-12-21(24-15-23-20)27-9-3-4-16(13-27)14-28/h1-2,5-6,12,15-17,25,28H,3-4,7-11,13-14H2. The van der Waals surface area contributed by atoms with Crippen LogP contribution >= 0.6 is 0 Å². The molecule has 0 aliphatic carbocycles. The van der Waals surface area contributed by atoms with Crippen molar-refractivity contribution in [1.29, 1.82) is 0 Å². The average molecular weight is 385 g/mol. The van der Waals surface area contributed by atoms with Gasteiger partial charge < -0.3 is 20.2 Å². The molecule has 1 atom stereocenters. The van der Waals surface area contributed by atoms with Gasteiger partial charge in [0.25, 0.3) is 0 Å². The second-order valence-electron chi connectivity index (χ2n) is 7.76. The van der Waals surface area contributed by atoms with Crippen LogP contribution in [0.1, 0.15) is 25.7 Å². The smallest absolute Gasteiger partial charge is 0.146 e. The minimum atomic E-state index is -0.201. The molecule has 0 bridgehead atoms. The fourth-order valence-electron chi connectivity index (χ4n) is 4.16. The number of aliphatic hydroxyl groups excluding tert-OH is 1. The number of rotatable bonds is 5. The van der Waals surface area contributed by atoms with Gasteiger partial charge in [-0.15, -0.1) is 0 Å². The first-order valence-electron chi connectivity index (χ1n) is 10.2. The second kappa shape index (κ2) is 8.73. The lowest BCUT2D eigenvalue weighted by atomic mass is 9.99. The summed E-state index contributed by atoms with van der Waals surface area (Å²) in [7, 11) is 0. The highest BCUT2D eigenvalue weighted by Crippen LogP contribution is 2.26. The van der Waals surface area contributed by atoms with E-state index in [-0.39, 0.29) is 18.5 Å². The Morgan fingerprint density at radius 2 is 1.79 bits per heavy atom. The zero-order valence-corrected chi connectivity index (χ0v) is 16.1. The number of nitrogens with one attached hydrogen (secondary N) is 1. The van der Waals surface area contributed by atoms with Gasteiger partial charge >= 0.3 is 0 Å². The Morgan fingerprint density at radius 1 is 1.04 bits per heavy atom. The Balaban J connectivity index is 1.36. The van der Waals surface area contributed by atoms with E-state index in [1.165, 1.54) is 6.07 Å². The van der Waals surface area contributed by atoms with Crippen LogP contribution in [0, 0.1) is 11.7 Å². The Kier molecular flexibility index (Phi) is 5.90. The van der Waals surface area contributed by atoms with E-state index in [0.29, 0.717) is 11.6 Å². The normalized spacial score (nSPS) is 21.0. The lowest BCUT2D eigenvalue weighted by molar-refractivity contribution is 0.208. The minimum Gasteiger partial charge on any atom is -0.396 e. The zero-order valence-electron chi connectivity index (χ0n) is 16.1. The van der Waals surface area contributed by atoms with Crippen LogP contribution in [0.2, 0.25) is 0 Å². The molecular formula is C21H28FN5O. The van der Waals surface area contributed by atoms with Crippen molar-refractivity contribution in [2.45, 2.75) is 31.7 Å². The summed E-state index contributed by atoms with van der Waals surface area (Å²) in [6.45, 7) is 3.81. The quantitative estimate of drug-likeness (QED) is 0.825. The predicted molar refractivity (Wildman–Crippen MR) is 109 cm³/mol. The molecule has 2 saturated heterocycles. The van der Waals surface area contributed by atoms with E-state index in [1.54, 1.807) is 18.5 Å². The Hall–Kier alpha value is -2.41. The Labute approximate surface area is 165 Å². The van der Waals surface area contributed by atoms with Gasteiger partial charge in [0, 0.05) is 44.9 Å². The lowest BCUT2D eigenvalue weighted by Crippen LogP contribution is -2.40. The van der Waals surface area contributed by atoms with E-state index < -0.39 is 0 Å². The van der Waals surface area contributed by atoms with Crippen LogP contribution < -0.4 is 15.1 Å². The van der Waals surface area contributed by atoms with Gasteiger partial charge in [0.15, 0.2) is 0 Å². The molecule has 6 nitrogen and oxygen atoms in total. The molecule has 0 amide bonds. The van der Waals surface area contributed by atoms with Gasteiger partial charge in [0.1, 0.15) is 23.8 Å². The first-order valence-corrected chi connectivity index (χ1v) is 10.2. The highest BCUT2D eigenvalue weighted by molar-refractivity contribution is 5.51. The van der Waals surface area contributed by atoms with Crippen LogP contribution in [0.15, 0.2) is 36.7 Å². The number of benzene rings is 1. The van der Waals surface area contributed by atoms with Crippen molar-refractivity contribution in [3.63, 3.8) is 0 Å². The van der Waals surface area contributed by atoms with Gasteiger partial charge in [-0.3, -0.25) is 0 Å². The largest absolute Gasteiger partial charge is 0.396 e. The molecule has 7 heteroatoms. The van der Waals surface area contributed by atoms with Gasteiger partial charge in [0.05, 0.1) is 5.69 Å². The highest BCUT2D eigenvalue weighted by atomic mass is 19.1.